The van der Waals surface area contributed by atoms with Gasteiger partial charge in [-0.25, -0.2) is 4.98 Å². The Kier molecular flexibility index (Phi) is 6.63. The first-order valence-electron chi connectivity index (χ1n) is 10.2. The highest BCUT2D eigenvalue weighted by atomic mass is 35.5. The smallest absolute Gasteiger partial charge is 0.262 e. The van der Waals surface area contributed by atoms with Gasteiger partial charge in [-0.05, 0) is 42.8 Å². The summed E-state index contributed by atoms with van der Waals surface area (Å²) in [5, 5.41) is 1.14. The Morgan fingerprint density at radius 2 is 1.69 bits per heavy atom. The third-order valence-electron chi connectivity index (χ3n) is 5.22. The van der Waals surface area contributed by atoms with Crippen LogP contribution >= 0.6 is 23.4 Å². The molecule has 1 heterocycles. The van der Waals surface area contributed by atoms with Gasteiger partial charge < -0.3 is 4.90 Å². The van der Waals surface area contributed by atoms with E-state index < -0.39 is 5.25 Å². The molecule has 32 heavy (non-hydrogen) atoms. The average molecular weight is 464 g/mol. The Labute approximate surface area is 195 Å². The third-order valence-corrected chi connectivity index (χ3v) is 6.66. The summed E-state index contributed by atoms with van der Waals surface area (Å²) < 4.78 is 1.60. The van der Waals surface area contributed by atoms with E-state index >= 15 is 0 Å². The van der Waals surface area contributed by atoms with Crippen LogP contribution in [0.25, 0.3) is 10.9 Å². The number of thioether (sulfide) groups is 1. The lowest BCUT2D eigenvalue weighted by Crippen LogP contribution is -2.34. The molecule has 1 aromatic heterocycles. The molecule has 162 valence electrons. The number of benzene rings is 3. The second-order valence-corrected chi connectivity index (χ2v) is 9.10. The standard InChI is InChI=1S/C25H22ClN3O2S/c1-17(23(30)28(2)19-11-4-3-5-12-19)32-25-27-22-15-9-7-13-20(22)24(31)29(25)16-18-10-6-8-14-21(18)26/h3-15,17H,16H2,1-2H3. The Hall–Kier alpha value is -3.09. The predicted molar refractivity (Wildman–Crippen MR) is 132 cm³/mol. The van der Waals surface area contributed by atoms with E-state index in [1.807, 2.05) is 73.7 Å². The minimum absolute atomic E-state index is 0.0760. The third kappa shape index (κ3) is 4.56. The molecule has 0 N–H and O–H groups in total. The molecule has 1 amide bonds. The van der Waals surface area contributed by atoms with Gasteiger partial charge in [0.1, 0.15) is 0 Å². The van der Waals surface area contributed by atoms with Crippen molar-refractivity contribution in [3.8, 4) is 0 Å². The van der Waals surface area contributed by atoms with E-state index in [0.29, 0.717) is 21.1 Å². The first-order valence-corrected chi connectivity index (χ1v) is 11.4. The first-order chi connectivity index (χ1) is 15.5. The molecule has 0 aliphatic carbocycles. The molecule has 0 fully saturated rings. The zero-order valence-corrected chi connectivity index (χ0v) is 19.3. The van der Waals surface area contributed by atoms with Gasteiger partial charge in [0.25, 0.3) is 5.56 Å². The van der Waals surface area contributed by atoms with Crippen LogP contribution in [0.15, 0.2) is 88.8 Å². The lowest BCUT2D eigenvalue weighted by molar-refractivity contribution is -0.117. The van der Waals surface area contributed by atoms with Crippen molar-refractivity contribution < 1.29 is 4.79 Å². The van der Waals surface area contributed by atoms with Crippen LogP contribution < -0.4 is 10.5 Å². The number of carbonyl (C=O) groups is 1. The van der Waals surface area contributed by atoms with Crippen LogP contribution in [-0.2, 0) is 11.3 Å². The summed E-state index contributed by atoms with van der Waals surface area (Å²) >= 11 is 7.63. The molecule has 0 saturated carbocycles. The molecule has 0 bridgehead atoms. The zero-order valence-electron chi connectivity index (χ0n) is 17.7. The highest BCUT2D eigenvalue weighted by Crippen LogP contribution is 2.26. The van der Waals surface area contributed by atoms with Crippen LogP contribution in [-0.4, -0.2) is 27.8 Å². The summed E-state index contributed by atoms with van der Waals surface area (Å²) in [6.45, 7) is 2.10. The number of fused-ring (bicyclic) bond motifs is 1. The van der Waals surface area contributed by atoms with E-state index in [-0.39, 0.29) is 18.0 Å². The summed E-state index contributed by atoms with van der Waals surface area (Å²) in [6, 6.07) is 24.1. The second kappa shape index (κ2) is 9.59. The molecule has 4 rings (SSSR count). The fraction of sp³-hybridized carbons (Fsp3) is 0.160. The van der Waals surface area contributed by atoms with Gasteiger partial charge in [-0.2, -0.15) is 0 Å². The Bertz CT molecular complexity index is 1320. The number of nitrogens with zero attached hydrogens (tertiary/aromatic N) is 3. The maximum Gasteiger partial charge on any atom is 0.262 e. The number of hydrogen-bond acceptors (Lipinski definition) is 4. The Morgan fingerprint density at radius 3 is 2.44 bits per heavy atom. The molecule has 0 aliphatic heterocycles. The summed E-state index contributed by atoms with van der Waals surface area (Å²) in [6.07, 6.45) is 0. The number of hydrogen-bond donors (Lipinski definition) is 0. The van der Waals surface area contributed by atoms with Crippen LogP contribution in [0.1, 0.15) is 12.5 Å². The molecule has 0 radical (unpaired) electrons. The van der Waals surface area contributed by atoms with E-state index in [0.717, 1.165) is 11.3 Å². The quantitative estimate of drug-likeness (QED) is 0.290. The van der Waals surface area contributed by atoms with Crippen molar-refractivity contribution in [1.29, 1.82) is 0 Å². The number of amides is 1. The minimum atomic E-state index is -0.453. The van der Waals surface area contributed by atoms with E-state index in [1.54, 1.807) is 28.6 Å². The topological polar surface area (TPSA) is 55.2 Å². The van der Waals surface area contributed by atoms with Crippen molar-refractivity contribution in [2.24, 2.45) is 0 Å². The molecule has 1 unspecified atom stereocenters. The monoisotopic (exact) mass is 463 g/mol. The van der Waals surface area contributed by atoms with E-state index in [2.05, 4.69) is 0 Å². The lowest BCUT2D eigenvalue weighted by atomic mass is 10.2. The van der Waals surface area contributed by atoms with Gasteiger partial charge in [-0.3, -0.25) is 14.2 Å². The van der Waals surface area contributed by atoms with Crippen molar-refractivity contribution in [3.63, 3.8) is 0 Å². The second-order valence-electron chi connectivity index (χ2n) is 7.39. The van der Waals surface area contributed by atoms with E-state index in [4.69, 9.17) is 16.6 Å². The average Bonchev–Trinajstić information content (AvgIpc) is 2.82. The SMILES string of the molecule is CC(Sc1nc2ccccc2c(=O)n1Cc1ccccc1Cl)C(=O)N(C)c1ccccc1. The summed E-state index contributed by atoms with van der Waals surface area (Å²) in [5.41, 5.74) is 2.07. The minimum Gasteiger partial charge on any atom is -0.315 e. The van der Waals surface area contributed by atoms with Crippen molar-refractivity contribution in [2.45, 2.75) is 23.9 Å². The van der Waals surface area contributed by atoms with Gasteiger partial charge in [-0.1, -0.05) is 71.9 Å². The van der Waals surface area contributed by atoms with Gasteiger partial charge in [0.2, 0.25) is 5.91 Å². The summed E-state index contributed by atoms with van der Waals surface area (Å²) in [5.74, 6) is -0.0760. The number of aromatic nitrogens is 2. The summed E-state index contributed by atoms with van der Waals surface area (Å²) in [4.78, 5) is 32.8. The van der Waals surface area contributed by atoms with Crippen LogP contribution in [0.5, 0.6) is 0 Å². The maximum atomic E-state index is 13.3. The molecule has 0 spiro atoms. The number of rotatable bonds is 6. The van der Waals surface area contributed by atoms with E-state index in [9.17, 15) is 9.59 Å². The van der Waals surface area contributed by atoms with Crippen LogP contribution in [0, 0.1) is 0 Å². The number of halogens is 1. The first kappa shape index (κ1) is 22.1. The fourth-order valence-corrected chi connectivity index (χ4v) is 4.63. The zero-order chi connectivity index (χ0) is 22.7. The molecule has 0 aliphatic rings. The largest absolute Gasteiger partial charge is 0.315 e. The molecule has 7 heteroatoms. The van der Waals surface area contributed by atoms with Crippen molar-refractivity contribution >= 4 is 45.9 Å². The van der Waals surface area contributed by atoms with Crippen LogP contribution in [0.2, 0.25) is 5.02 Å². The Morgan fingerprint density at radius 1 is 1.03 bits per heavy atom. The number of carbonyl (C=O) groups excluding carboxylic acids is 1. The molecule has 4 aromatic rings. The van der Waals surface area contributed by atoms with Gasteiger partial charge >= 0.3 is 0 Å². The number of para-hydroxylation sites is 2. The number of anilines is 1. The van der Waals surface area contributed by atoms with Gasteiger partial charge in [-0.15, -0.1) is 0 Å². The predicted octanol–water partition coefficient (Wildman–Crippen LogP) is 5.24. The molecule has 1 atom stereocenters. The summed E-state index contributed by atoms with van der Waals surface area (Å²) in [7, 11) is 1.75. The molecule has 5 nitrogen and oxygen atoms in total. The van der Waals surface area contributed by atoms with Gasteiger partial charge in [0, 0.05) is 17.8 Å². The normalized spacial score (nSPS) is 12.0. The Balaban J connectivity index is 1.71. The molecule has 3 aromatic carbocycles. The van der Waals surface area contributed by atoms with Crippen molar-refractivity contribution in [1.82, 2.24) is 9.55 Å². The van der Waals surface area contributed by atoms with E-state index in [1.165, 1.54) is 11.8 Å². The van der Waals surface area contributed by atoms with Gasteiger partial charge in [0.05, 0.1) is 22.7 Å². The van der Waals surface area contributed by atoms with Crippen LogP contribution in [0.4, 0.5) is 5.69 Å². The fourth-order valence-electron chi connectivity index (χ4n) is 3.43. The lowest BCUT2D eigenvalue weighted by Gasteiger charge is -2.22. The van der Waals surface area contributed by atoms with Crippen LogP contribution in [0.3, 0.4) is 0 Å². The van der Waals surface area contributed by atoms with Crippen molar-refractivity contribution in [3.05, 3.63) is 99.8 Å². The molecule has 0 saturated heterocycles. The highest BCUT2D eigenvalue weighted by molar-refractivity contribution is 8.00. The molecular weight excluding hydrogens is 442 g/mol. The van der Waals surface area contributed by atoms with Gasteiger partial charge in [0.15, 0.2) is 5.16 Å². The molecular formula is C25H22ClN3O2S. The van der Waals surface area contributed by atoms with Crippen molar-refractivity contribution in [2.75, 3.05) is 11.9 Å². The highest BCUT2D eigenvalue weighted by Gasteiger charge is 2.23. The maximum absolute atomic E-state index is 13.3.